The van der Waals surface area contributed by atoms with Crippen LogP contribution in [0.3, 0.4) is 0 Å². The van der Waals surface area contributed by atoms with Crippen LogP contribution in [0.1, 0.15) is 30.3 Å². The Hall–Kier alpha value is -1.84. The maximum atomic E-state index is 9.96. The van der Waals surface area contributed by atoms with Crippen molar-refractivity contribution in [2.75, 3.05) is 6.61 Å². The SMILES string of the molecule is CC(O)c1ccc(OCC(O)c2ccccc2)cc1. The van der Waals surface area contributed by atoms with E-state index in [-0.39, 0.29) is 6.61 Å². The van der Waals surface area contributed by atoms with Crippen molar-refractivity contribution in [2.24, 2.45) is 0 Å². The van der Waals surface area contributed by atoms with Gasteiger partial charge in [-0.25, -0.2) is 0 Å². The van der Waals surface area contributed by atoms with Gasteiger partial charge < -0.3 is 14.9 Å². The van der Waals surface area contributed by atoms with E-state index in [9.17, 15) is 10.2 Å². The van der Waals surface area contributed by atoms with Gasteiger partial charge in [0.25, 0.3) is 0 Å². The van der Waals surface area contributed by atoms with E-state index in [0.717, 1.165) is 11.1 Å². The van der Waals surface area contributed by atoms with Crippen molar-refractivity contribution < 1.29 is 14.9 Å². The number of hydrogen-bond donors (Lipinski definition) is 2. The Morgan fingerprint density at radius 1 is 0.895 bits per heavy atom. The van der Waals surface area contributed by atoms with Gasteiger partial charge in [-0.3, -0.25) is 0 Å². The molecule has 19 heavy (non-hydrogen) atoms. The zero-order valence-corrected chi connectivity index (χ0v) is 10.9. The molecule has 0 amide bonds. The highest BCUT2D eigenvalue weighted by molar-refractivity contribution is 5.28. The van der Waals surface area contributed by atoms with Gasteiger partial charge in [0.15, 0.2) is 0 Å². The fraction of sp³-hybridized carbons (Fsp3) is 0.250. The Bertz CT molecular complexity index is 491. The molecule has 2 aromatic carbocycles. The van der Waals surface area contributed by atoms with Crippen molar-refractivity contribution >= 4 is 0 Å². The van der Waals surface area contributed by atoms with Crippen LogP contribution in [0.25, 0.3) is 0 Å². The molecule has 0 radical (unpaired) electrons. The summed E-state index contributed by atoms with van der Waals surface area (Å²) in [4.78, 5) is 0. The first-order valence-electron chi connectivity index (χ1n) is 6.30. The molecule has 0 aromatic heterocycles. The molecule has 0 fully saturated rings. The van der Waals surface area contributed by atoms with E-state index in [4.69, 9.17) is 4.74 Å². The van der Waals surface area contributed by atoms with Gasteiger partial charge in [0.1, 0.15) is 18.5 Å². The molecule has 2 atom stereocenters. The number of benzene rings is 2. The first kappa shape index (κ1) is 13.6. The van der Waals surface area contributed by atoms with E-state index in [1.165, 1.54) is 0 Å². The Balaban J connectivity index is 1.92. The molecule has 0 saturated carbocycles. The Morgan fingerprint density at radius 2 is 1.53 bits per heavy atom. The molecule has 2 N–H and O–H groups in total. The van der Waals surface area contributed by atoms with Crippen LogP contribution in [-0.2, 0) is 0 Å². The van der Waals surface area contributed by atoms with Crippen LogP contribution in [-0.4, -0.2) is 16.8 Å². The third-order valence-corrected chi connectivity index (χ3v) is 2.95. The average molecular weight is 258 g/mol. The van der Waals surface area contributed by atoms with Gasteiger partial charge in [0.2, 0.25) is 0 Å². The maximum Gasteiger partial charge on any atom is 0.119 e. The molecule has 0 aliphatic heterocycles. The summed E-state index contributed by atoms with van der Waals surface area (Å²) in [5.74, 6) is 0.680. The summed E-state index contributed by atoms with van der Waals surface area (Å²) in [7, 11) is 0. The number of ether oxygens (including phenoxy) is 1. The summed E-state index contributed by atoms with van der Waals surface area (Å²) in [6, 6.07) is 16.6. The molecule has 0 saturated heterocycles. The van der Waals surface area contributed by atoms with Crippen LogP contribution in [0.4, 0.5) is 0 Å². The normalized spacial score (nSPS) is 13.8. The van der Waals surface area contributed by atoms with Crippen molar-refractivity contribution in [3.8, 4) is 5.75 Å². The fourth-order valence-electron chi connectivity index (χ4n) is 1.79. The third kappa shape index (κ3) is 3.81. The van der Waals surface area contributed by atoms with Crippen molar-refractivity contribution in [1.29, 1.82) is 0 Å². The van der Waals surface area contributed by atoms with E-state index in [1.54, 1.807) is 19.1 Å². The number of rotatable bonds is 5. The highest BCUT2D eigenvalue weighted by Gasteiger charge is 2.08. The minimum absolute atomic E-state index is 0.206. The molecule has 3 heteroatoms. The van der Waals surface area contributed by atoms with Crippen LogP contribution in [0.2, 0.25) is 0 Å². The summed E-state index contributed by atoms with van der Waals surface area (Å²) in [5.41, 5.74) is 1.68. The number of aliphatic hydroxyl groups is 2. The summed E-state index contributed by atoms with van der Waals surface area (Å²) in [6.45, 7) is 1.92. The van der Waals surface area contributed by atoms with Crippen molar-refractivity contribution in [1.82, 2.24) is 0 Å². The molecule has 2 unspecified atom stereocenters. The van der Waals surface area contributed by atoms with Gasteiger partial charge in [-0.1, -0.05) is 42.5 Å². The van der Waals surface area contributed by atoms with Crippen LogP contribution in [0, 0.1) is 0 Å². The van der Waals surface area contributed by atoms with Gasteiger partial charge in [-0.15, -0.1) is 0 Å². The molecule has 2 rings (SSSR count). The lowest BCUT2D eigenvalue weighted by Crippen LogP contribution is -2.09. The van der Waals surface area contributed by atoms with E-state index in [2.05, 4.69) is 0 Å². The molecule has 0 heterocycles. The van der Waals surface area contributed by atoms with Crippen LogP contribution >= 0.6 is 0 Å². The lowest BCUT2D eigenvalue weighted by Gasteiger charge is -2.13. The highest BCUT2D eigenvalue weighted by Crippen LogP contribution is 2.19. The minimum atomic E-state index is -0.641. The molecular formula is C16H18O3. The maximum absolute atomic E-state index is 9.96. The average Bonchev–Trinajstić information content (AvgIpc) is 2.46. The van der Waals surface area contributed by atoms with Gasteiger partial charge in [0, 0.05) is 0 Å². The van der Waals surface area contributed by atoms with Crippen LogP contribution in [0.5, 0.6) is 5.75 Å². The standard InChI is InChI=1S/C16H18O3/c1-12(17)13-7-9-15(10-8-13)19-11-16(18)14-5-3-2-4-6-14/h2-10,12,16-18H,11H2,1H3. The number of aliphatic hydroxyl groups excluding tert-OH is 2. The minimum Gasteiger partial charge on any atom is -0.491 e. The zero-order chi connectivity index (χ0) is 13.7. The second-order valence-electron chi connectivity index (χ2n) is 4.48. The predicted molar refractivity (Wildman–Crippen MR) is 74.0 cm³/mol. The largest absolute Gasteiger partial charge is 0.491 e. The Morgan fingerprint density at radius 3 is 2.11 bits per heavy atom. The summed E-state index contributed by atoms with van der Waals surface area (Å²) < 4.78 is 5.53. The van der Waals surface area contributed by atoms with Crippen molar-refractivity contribution in [2.45, 2.75) is 19.1 Å². The van der Waals surface area contributed by atoms with Gasteiger partial charge >= 0.3 is 0 Å². The molecule has 0 bridgehead atoms. The first-order chi connectivity index (χ1) is 9.16. The second-order valence-corrected chi connectivity index (χ2v) is 4.48. The topological polar surface area (TPSA) is 49.7 Å². The lowest BCUT2D eigenvalue weighted by molar-refractivity contribution is 0.108. The Kier molecular flexibility index (Phi) is 4.55. The molecular weight excluding hydrogens is 240 g/mol. The van der Waals surface area contributed by atoms with Crippen molar-refractivity contribution in [3.05, 3.63) is 65.7 Å². The lowest BCUT2D eigenvalue weighted by atomic mass is 10.1. The van der Waals surface area contributed by atoms with Gasteiger partial charge in [-0.2, -0.15) is 0 Å². The monoisotopic (exact) mass is 258 g/mol. The quantitative estimate of drug-likeness (QED) is 0.867. The molecule has 0 aliphatic rings. The van der Waals surface area contributed by atoms with E-state index in [0.29, 0.717) is 5.75 Å². The Labute approximate surface area is 113 Å². The second kappa shape index (κ2) is 6.36. The molecule has 2 aromatic rings. The van der Waals surface area contributed by atoms with E-state index < -0.39 is 12.2 Å². The number of hydrogen-bond acceptors (Lipinski definition) is 3. The van der Waals surface area contributed by atoms with Crippen molar-refractivity contribution in [3.63, 3.8) is 0 Å². The van der Waals surface area contributed by atoms with Gasteiger partial charge in [0.05, 0.1) is 6.10 Å². The molecule has 0 spiro atoms. The summed E-state index contributed by atoms with van der Waals surface area (Å²) in [5, 5.41) is 19.4. The van der Waals surface area contributed by atoms with Crippen LogP contribution in [0.15, 0.2) is 54.6 Å². The summed E-state index contributed by atoms with van der Waals surface area (Å²) >= 11 is 0. The summed E-state index contributed by atoms with van der Waals surface area (Å²) in [6.07, 6.45) is -1.12. The smallest absolute Gasteiger partial charge is 0.119 e. The highest BCUT2D eigenvalue weighted by atomic mass is 16.5. The molecule has 100 valence electrons. The molecule has 0 aliphatic carbocycles. The molecule has 3 nitrogen and oxygen atoms in total. The predicted octanol–water partition coefficient (Wildman–Crippen LogP) is 2.85. The van der Waals surface area contributed by atoms with Crippen LogP contribution < -0.4 is 4.74 Å². The zero-order valence-electron chi connectivity index (χ0n) is 10.9. The van der Waals surface area contributed by atoms with E-state index >= 15 is 0 Å². The third-order valence-electron chi connectivity index (χ3n) is 2.95. The first-order valence-corrected chi connectivity index (χ1v) is 6.30. The van der Waals surface area contributed by atoms with E-state index in [1.807, 2.05) is 42.5 Å². The van der Waals surface area contributed by atoms with Gasteiger partial charge in [-0.05, 0) is 30.2 Å². The fourth-order valence-corrected chi connectivity index (χ4v) is 1.79.